The fraction of sp³-hybridized carbons (Fsp3) is 0. The molecule has 0 radical (unpaired) electrons. The molecule has 0 atom stereocenters. The molecule has 358 valence electrons. The zero-order chi connectivity index (χ0) is 50.4. The molecule has 0 aliphatic rings. The molecule has 8 aromatic carbocycles. The molecule has 14 rings (SSSR count). The van der Waals surface area contributed by atoms with E-state index in [1.54, 1.807) is 0 Å². The molecule has 8 nitrogen and oxygen atoms in total. The first-order valence-electron chi connectivity index (χ1n) is 25.4. The summed E-state index contributed by atoms with van der Waals surface area (Å²) < 4.78 is 4.64. The van der Waals surface area contributed by atoms with Crippen LogP contribution in [0.15, 0.2) is 280 Å². The summed E-state index contributed by atoms with van der Waals surface area (Å²) in [5.74, 6) is 0. The van der Waals surface area contributed by atoms with Crippen LogP contribution in [0.2, 0.25) is 0 Å². The molecule has 0 spiro atoms. The number of benzene rings is 8. The Hall–Kier alpha value is -10.4. The van der Waals surface area contributed by atoms with Gasteiger partial charge < -0.3 is 18.9 Å². The zero-order valence-electron chi connectivity index (χ0n) is 41.1. The molecule has 8 heteroatoms. The smallest absolute Gasteiger partial charge is 0.0651 e. The van der Waals surface area contributed by atoms with Crippen LogP contribution in [-0.2, 0) is 0 Å². The lowest BCUT2D eigenvalue weighted by atomic mass is 9.99. The summed E-state index contributed by atoms with van der Waals surface area (Å²) in [6.07, 6.45) is 15.4. The lowest BCUT2D eigenvalue weighted by Gasteiger charge is -2.26. The van der Waals surface area contributed by atoms with E-state index in [0.717, 1.165) is 101 Å². The zero-order valence-corrected chi connectivity index (χ0v) is 41.1. The Labute approximate surface area is 439 Å². The van der Waals surface area contributed by atoms with Gasteiger partial charge in [-0.1, -0.05) is 133 Å². The first-order valence-corrected chi connectivity index (χ1v) is 25.4. The number of aromatic nitrogens is 6. The molecule has 0 aliphatic heterocycles. The second-order valence-electron chi connectivity index (χ2n) is 18.9. The van der Waals surface area contributed by atoms with Crippen molar-refractivity contribution >= 4 is 77.7 Å². The summed E-state index contributed by atoms with van der Waals surface area (Å²) in [6, 6.07) is 81.4. The van der Waals surface area contributed by atoms with Crippen LogP contribution in [0.1, 0.15) is 0 Å². The molecule has 0 unspecified atom stereocenters. The van der Waals surface area contributed by atoms with E-state index in [9.17, 15) is 0 Å². The van der Waals surface area contributed by atoms with Crippen molar-refractivity contribution in [3.8, 4) is 44.8 Å². The molecule has 0 bridgehead atoms. The maximum absolute atomic E-state index is 4.87. The van der Waals surface area contributed by atoms with Crippen LogP contribution in [0.5, 0.6) is 0 Å². The van der Waals surface area contributed by atoms with Gasteiger partial charge in [0.1, 0.15) is 0 Å². The molecule has 6 aromatic heterocycles. The first-order chi connectivity index (χ1) is 37.7. The van der Waals surface area contributed by atoms with Gasteiger partial charge in [-0.2, -0.15) is 0 Å². The van der Waals surface area contributed by atoms with E-state index in [1.165, 1.54) is 21.5 Å². The molecule has 0 saturated carbocycles. The maximum Gasteiger partial charge on any atom is 0.0651 e. The maximum atomic E-state index is 4.87. The largest absolute Gasteiger partial charge is 0.309 e. The minimum atomic E-state index is 0.931. The Bertz CT molecular complexity index is 4320. The van der Waals surface area contributed by atoms with Crippen molar-refractivity contribution in [1.29, 1.82) is 0 Å². The van der Waals surface area contributed by atoms with Crippen molar-refractivity contribution in [2.75, 3.05) is 9.80 Å². The number of hydrogen-bond acceptors (Lipinski definition) is 6. The van der Waals surface area contributed by atoms with E-state index < -0.39 is 0 Å². The van der Waals surface area contributed by atoms with Gasteiger partial charge in [0.2, 0.25) is 0 Å². The number of anilines is 6. The predicted molar refractivity (Wildman–Crippen MR) is 312 cm³/mol. The number of fused-ring (bicyclic) bond motifs is 6. The Morgan fingerprint density at radius 3 is 1.11 bits per heavy atom. The van der Waals surface area contributed by atoms with Gasteiger partial charge in [-0.05, 0) is 108 Å². The second kappa shape index (κ2) is 18.9. The topological polar surface area (TPSA) is 67.9 Å². The van der Waals surface area contributed by atoms with Crippen LogP contribution < -0.4 is 9.80 Å². The highest BCUT2D eigenvalue weighted by Crippen LogP contribution is 2.43. The van der Waals surface area contributed by atoms with E-state index in [2.05, 4.69) is 231 Å². The number of nitrogens with zero attached hydrogens (tertiary/aromatic N) is 8. The summed E-state index contributed by atoms with van der Waals surface area (Å²) in [7, 11) is 0. The summed E-state index contributed by atoms with van der Waals surface area (Å²) in [5.41, 5.74) is 18.6. The van der Waals surface area contributed by atoms with Crippen LogP contribution in [-0.4, -0.2) is 29.1 Å². The predicted octanol–water partition coefficient (Wildman–Crippen LogP) is 17.4. The number of pyridine rings is 4. The Kier molecular flexibility index (Phi) is 11.0. The molecule has 0 amide bonds. The van der Waals surface area contributed by atoms with Crippen molar-refractivity contribution in [3.05, 3.63) is 280 Å². The van der Waals surface area contributed by atoms with Crippen LogP contribution >= 0.6 is 0 Å². The molecular formula is C68H46N8. The lowest BCUT2D eigenvalue weighted by molar-refractivity contribution is 1.13. The third kappa shape index (κ3) is 7.80. The van der Waals surface area contributed by atoms with E-state index in [4.69, 9.17) is 19.9 Å². The SMILES string of the molecule is c1ccc(N(c2ccccc2)c2cncc(-c3cncc(N(c4ccccc4)c4ccc(-c5cccc6c5c5ccccc5n6-c5cncc(-c6cncc(-n7c8ccccc8c8ccccc87)c6)c5)cc4)c3)c2)cc1. The van der Waals surface area contributed by atoms with Crippen LogP contribution in [0, 0.1) is 0 Å². The molecule has 14 aromatic rings. The average molecular weight is 975 g/mol. The monoisotopic (exact) mass is 974 g/mol. The number of rotatable bonds is 11. The summed E-state index contributed by atoms with van der Waals surface area (Å²) in [4.78, 5) is 23.8. The standard InChI is InChI=1S/C68H46N8/c1-4-17-52(18-5-1)73(53-19-6-2-7-20-53)56-35-48(39-69-43-56)49-36-57(44-70-40-49)74(54-21-8-3-9-22-54)55-33-31-47(32-34-55)60-26-16-30-67-68(60)63-25-12-15-29-66(63)76(67)59-38-51(42-72-46-59)50-37-58(45-71-41-50)75-64-27-13-10-23-61(64)62-24-11-14-28-65(62)75/h1-46H. The summed E-state index contributed by atoms with van der Waals surface area (Å²) in [6.45, 7) is 0. The van der Waals surface area contributed by atoms with Gasteiger partial charge in [0.25, 0.3) is 0 Å². The normalized spacial score (nSPS) is 11.4. The molecular weight excluding hydrogens is 929 g/mol. The van der Waals surface area contributed by atoms with Crippen LogP contribution in [0.3, 0.4) is 0 Å². The van der Waals surface area contributed by atoms with Gasteiger partial charge in [0.05, 0.1) is 69.6 Å². The third-order valence-corrected chi connectivity index (χ3v) is 14.4. The Balaban J connectivity index is 0.820. The minimum Gasteiger partial charge on any atom is -0.309 e. The number of hydrogen-bond donors (Lipinski definition) is 0. The fourth-order valence-corrected chi connectivity index (χ4v) is 11.0. The van der Waals surface area contributed by atoms with Crippen LogP contribution in [0.4, 0.5) is 34.1 Å². The molecule has 0 aliphatic carbocycles. The third-order valence-electron chi connectivity index (χ3n) is 14.4. The molecule has 0 N–H and O–H groups in total. The highest BCUT2D eigenvalue weighted by molar-refractivity contribution is 6.16. The van der Waals surface area contributed by atoms with E-state index >= 15 is 0 Å². The Morgan fingerprint density at radius 2 is 0.618 bits per heavy atom. The van der Waals surface area contributed by atoms with Gasteiger partial charge in [-0.25, -0.2) is 0 Å². The van der Waals surface area contributed by atoms with Crippen molar-refractivity contribution in [1.82, 2.24) is 29.1 Å². The van der Waals surface area contributed by atoms with Gasteiger partial charge in [-0.3, -0.25) is 19.9 Å². The minimum absolute atomic E-state index is 0.931. The highest BCUT2D eigenvalue weighted by atomic mass is 15.2. The van der Waals surface area contributed by atoms with E-state index in [-0.39, 0.29) is 0 Å². The van der Waals surface area contributed by atoms with Gasteiger partial charge in [-0.15, -0.1) is 0 Å². The van der Waals surface area contributed by atoms with Crippen molar-refractivity contribution < 1.29 is 0 Å². The van der Waals surface area contributed by atoms with Crippen molar-refractivity contribution in [2.24, 2.45) is 0 Å². The number of para-hydroxylation sites is 6. The van der Waals surface area contributed by atoms with Gasteiger partial charge in [0.15, 0.2) is 0 Å². The fourth-order valence-electron chi connectivity index (χ4n) is 11.0. The van der Waals surface area contributed by atoms with E-state index in [1.807, 2.05) is 67.8 Å². The van der Waals surface area contributed by atoms with Crippen LogP contribution in [0.25, 0.3) is 88.4 Å². The molecule has 76 heavy (non-hydrogen) atoms. The summed E-state index contributed by atoms with van der Waals surface area (Å²) in [5, 5.41) is 4.78. The van der Waals surface area contributed by atoms with Crippen molar-refractivity contribution in [2.45, 2.75) is 0 Å². The van der Waals surface area contributed by atoms with Crippen molar-refractivity contribution in [3.63, 3.8) is 0 Å². The Morgan fingerprint density at radius 1 is 0.250 bits per heavy atom. The molecule has 0 saturated heterocycles. The van der Waals surface area contributed by atoms with Gasteiger partial charge in [0, 0.05) is 91.3 Å². The summed E-state index contributed by atoms with van der Waals surface area (Å²) >= 11 is 0. The molecule has 0 fully saturated rings. The quantitative estimate of drug-likeness (QED) is 0.129. The lowest BCUT2D eigenvalue weighted by Crippen LogP contribution is -2.11. The average Bonchev–Trinajstić information content (AvgIpc) is 4.09. The highest BCUT2D eigenvalue weighted by Gasteiger charge is 2.20. The molecule has 6 heterocycles. The second-order valence-corrected chi connectivity index (χ2v) is 18.9. The van der Waals surface area contributed by atoms with E-state index in [0.29, 0.717) is 0 Å². The first kappa shape index (κ1) is 44.3. The van der Waals surface area contributed by atoms with Gasteiger partial charge >= 0.3 is 0 Å².